The molecule has 2 atom stereocenters. The molecule has 0 fully saturated rings. The lowest BCUT2D eigenvalue weighted by atomic mass is 10.00. The van der Waals surface area contributed by atoms with E-state index in [-0.39, 0.29) is 0 Å². The Kier molecular flexibility index (Phi) is 5.33. The number of nitrogens with one attached hydrogen (secondary N) is 1. The molecule has 0 saturated heterocycles. The number of rotatable bonds is 7. The molecule has 18 heavy (non-hydrogen) atoms. The molecule has 0 aromatic heterocycles. The Morgan fingerprint density at radius 3 is 3.06 bits per heavy atom. The van der Waals surface area contributed by atoms with E-state index in [4.69, 9.17) is 16.3 Å². The van der Waals surface area contributed by atoms with Gasteiger partial charge in [-0.1, -0.05) is 31.5 Å². The van der Waals surface area contributed by atoms with Gasteiger partial charge in [-0.2, -0.15) is 0 Å². The first-order valence-electron chi connectivity index (χ1n) is 6.83. The Bertz CT molecular complexity index is 369. The third kappa shape index (κ3) is 3.39. The Hall–Kier alpha value is -0.730. The van der Waals surface area contributed by atoms with Gasteiger partial charge in [0.15, 0.2) is 0 Å². The molecule has 1 N–H and O–H groups in total. The molecule has 2 unspecified atom stereocenters. The minimum absolute atomic E-state index is 0.495. The van der Waals surface area contributed by atoms with Crippen LogP contribution in [0.1, 0.15) is 31.2 Å². The van der Waals surface area contributed by atoms with E-state index in [1.54, 1.807) is 0 Å². The molecule has 100 valence electrons. The van der Waals surface area contributed by atoms with Gasteiger partial charge < -0.3 is 10.1 Å². The maximum atomic E-state index is 5.80. The average Bonchev–Trinajstić information content (AvgIpc) is 2.81. The van der Waals surface area contributed by atoms with E-state index >= 15 is 0 Å². The number of halogens is 1. The van der Waals surface area contributed by atoms with E-state index in [9.17, 15) is 0 Å². The number of benzene rings is 1. The van der Waals surface area contributed by atoms with Gasteiger partial charge in [-0.25, -0.2) is 0 Å². The average molecular weight is 268 g/mol. The van der Waals surface area contributed by atoms with E-state index in [1.807, 2.05) is 6.07 Å². The quantitative estimate of drug-likeness (QED) is 0.765. The van der Waals surface area contributed by atoms with E-state index in [0.29, 0.717) is 11.8 Å². The smallest absolute Gasteiger partial charge is 0.122 e. The number of fused-ring (bicyclic) bond motifs is 1. The lowest BCUT2D eigenvalue weighted by Gasteiger charge is -2.16. The molecule has 1 aromatic carbocycles. The fourth-order valence-electron chi connectivity index (χ4n) is 2.46. The van der Waals surface area contributed by atoms with Crippen molar-refractivity contribution in [1.82, 2.24) is 5.32 Å². The first-order valence-corrected chi connectivity index (χ1v) is 7.37. The van der Waals surface area contributed by atoms with Crippen molar-refractivity contribution >= 4 is 11.6 Å². The molecule has 2 nitrogen and oxygen atoms in total. The second-order valence-corrected chi connectivity index (χ2v) is 5.33. The molecule has 0 radical (unpaired) electrons. The predicted molar refractivity (Wildman–Crippen MR) is 76.7 cm³/mol. The van der Waals surface area contributed by atoms with Gasteiger partial charge in [0, 0.05) is 23.9 Å². The minimum Gasteiger partial charge on any atom is -0.493 e. The zero-order valence-electron chi connectivity index (χ0n) is 11.0. The van der Waals surface area contributed by atoms with E-state index < -0.39 is 0 Å². The molecule has 0 saturated carbocycles. The predicted octanol–water partition coefficient (Wildman–Crippen LogP) is 3.41. The second kappa shape index (κ2) is 7.01. The van der Waals surface area contributed by atoms with Gasteiger partial charge in [-0.05, 0) is 24.9 Å². The lowest BCUT2D eigenvalue weighted by Crippen LogP contribution is -2.28. The number of ether oxygens (including phenoxy) is 1. The summed E-state index contributed by atoms with van der Waals surface area (Å²) in [5, 5.41) is 3.57. The number of hydrogen-bond donors (Lipinski definition) is 1. The van der Waals surface area contributed by atoms with Crippen molar-refractivity contribution in [2.45, 2.75) is 25.7 Å². The van der Waals surface area contributed by atoms with Crippen LogP contribution in [-0.2, 0) is 0 Å². The number of para-hydroxylation sites is 1. The summed E-state index contributed by atoms with van der Waals surface area (Å²) in [6.45, 7) is 5.09. The molecular formula is C15H22ClNO. The molecule has 0 amide bonds. The molecule has 2 rings (SSSR count). The van der Waals surface area contributed by atoms with Gasteiger partial charge in [0.25, 0.3) is 0 Å². The van der Waals surface area contributed by atoms with Gasteiger partial charge >= 0.3 is 0 Å². The highest BCUT2D eigenvalue weighted by Gasteiger charge is 2.23. The van der Waals surface area contributed by atoms with Crippen molar-refractivity contribution in [1.29, 1.82) is 0 Å². The Morgan fingerprint density at radius 2 is 2.28 bits per heavy atom. The second-order valence-electron chi connectivity index (χ2n) is 4.96. The highest BCUT2D eigenvalue weighted by molar-refractivity contribution is 6.17. The largest absolute Gasteiger partial charge is 0.493 e. The lowest BCUT2D eigenvalue weighted by molar-refractivity contribution is 0.322. The maximum Gasteiger partial charge on any atom is 0.122 e. The van der Waals surface area contributed by atoms with Crippen LogP contribution in [0.25, 0.3) is 0 Å². The third-order valence-electron chi connectivity index (χ3n) is 3.72. The maximum absolute atomic E-state index is 5.80. The fraction of sp³-hybridized carbons (Fsp3) is 0.600. The normalized spacial score (nSPS) is 19.3. The van der Waals surface area contributed by atoms with Crippen LogP contribution in [0.3, 0.4) is 0 Å². The fourth-order valence-corrected chi connectivity index (χ4v) is 2.77. The standard InChI is InChI=1S/C15H22ClNO/c1-2-12(7-8-16)9-17-10-13-11-18-15-6-4-3-5-14(13)15/h3-6,12-13,17H,2,7-11H2,1H3. The Morgan fingerprint density at radius 1 is 1.44 bits per heavy atom. The Balaban J connectivity index is 1.78. The highest BCUT2D eigenvalue weighted by Crippen LogP contribution is 2.32. The summed E-state index contributed by atoms with van der Waals surface area (Å²) < 4.78 is 5.68. The monoisotopic (exact) mass is 267 g/mol. The summed E-state index contributed by atoms with van der Waals surface area (Å²) in [5.41, 5.74) is 1.34. The molecule has 1 heterocycles. The van der Waals surface area contributed by atoms with Gasteiger partial charge in [-0.3, -0.25) is 0 Å². The SMILES string of the molecule is CCC(CCCl)CNCC1COc2ccccc21. The molecule has 0 spiro atoms. The summed E-state index contributed by atoms with van der Waals surface area (Å²) >= 11 is 5.80. The van der Waals surface area contributed by atoms with Gasteiger partial charge in [0.2, 0.25) is 0 Å². The van der Waals surface area contributed by atoms with Crippen LogP contribution in [0.15, 0.2) is 24.3 Å². The van der Waals surface area contributed by atoms with Gasteiger partial charge in [0.05, 0.1) is 6.61 Å². The van der Waals surface area contributed by atoms with Gasteiger partial charge in [-0.15, -0.1) is 11.6 Å². The summed E-state index contributed by atoms with van der Waals surface area (Å²) in [7, 11) is 0. The highest BCUT2D eigenvalue weighted by atomic mass is 35.5. The van der Waals surface area contributed by atoms with Crippen molar-refractivity contribution in [2.75, 3.05) is 25.6 Å². The van der Waals surface area contributed by atoms with Crippen molar-refractivity contribution in [3.8, 4) is 5.75 Å². The molecule has 1 aliphatic heterocycles. The minimum atomic E-state index is 0.495. The molecule has 1 aliphatic rings. The Labute approximate surface area is 115 Å². The van der Waals surface area contributed by atoms with Crippen LogP contribution in [-0.4, -0.2) is 25.6 Å². The first-order chi connectivity index (χ1) is 8.85. The van der Waals surface area contributed by atoms with E-state index in [0.717, 1.165) is 37.7 Å². The van der Waals surface area contributed by atoms with Crippen LogP contribution in [0.2, 0.25) is 0 Å². The summed E-state index contributed by atoms with van der Waals surface area (Å²) in [6.07, 6.45) is 2.29. The van der Waals surface area contributed by atoms with Crippen molar-refractivity contribution in [2.24, 2.45) is 5.92 Å². The summed E-state index contributed by atoms with van der Waals surface area (Å²) in [6, 6.07) is 8.34. The van der Waals surface area contributed by atoms with Crippen LogP contribution in [0, 0.1) is 5.92 Å². The number of alkyl halides is 1. The van der Waals surface area contributed by atoms with Crippen molar-refractivity contribution in [3.63, 3.8) is 0 Å². The topological polar surface area (TPSA) is 21.3 Å². The molecule has 0 bridgehead atoms. The van der Waals surface area contributed by atoms with Crippen molar-refractivity contribution < 1.29 is 4.74 Å². The molecule has 1 aromatic rings. The summed E-state index contributed by atoms with van der Waals surface area (Å²) in [5.74, 6) is 3.00. The van der Waals surface area contributed by atoms with E-state index in [2.05, 4.69) is 30.4 Å². The summed E-state index contributed by atoms with van der Waals surface area (Å²) in [4.78, 5) is 0. The third-order valence-corrected chi connectivity index (χ3v) is 3.94. The first kappa shape index (κ1) is 13.7. The zero-order chi connectivity index (χ0) is 12.8. The van der Waals surface area contributed by atoms with Crippen LogP contribution in [0.5, 0.6) is 5.75 Å². The van der Waals surface area contributed by atoms with Crippen LogP contribution in [0.4, 0.5) is 0 Å². The van der Waals surface area contributed by atoms with Crippen LogP contribution >= 0.6 is 11.6 Å². The number of hydrogen-bond acceptors (Lipinski definition) is 2. The van der Waals surface area contributed by atoms with Crippen LogP contribution < -0.4 is 10.1 Å². The molecule has 0 aliphatic carbocycles. The van der Waals surface area contributed by atoms with Gasteiger partial charge in [0.1, 0.15) is 5.75 Å². The molecule has 3 heteroatoms. The molecular weight excluding hydrogens is 246 g/mol. The van der Waals surface area contributed by atoms with E-state index in [1.165, 1.54) is 12.0 Å². The zero-order valence-corrected chi connectivity index (χ0v) is 11.7. The van der Waals surface area contributed by atoms with Crippen molar-refractivity contribution in [3.05, 3.63) is 29.8 Å².